The number of hydrogen-bond acceptors (Lipinski definition) is 3. The first-order valence-corrected chi connectivity index (χ1v) is 7.35. The molecule has 4 heteroatoms. The molecular weight excluding hydrogens is 228 g/mol. The minimum atomic E-state index is 0.192. The Bertz CT molecular complexity index is 234. The summed E-state index contributed by atoms with van der Waals surface area (Å²) >= 11 is 0. The largest absolute Gasteiger partial charge is 0.396 e. The summed E-state index contributed by atoms with van der Waals surface area (Å²) in [5.41, 5.74) is 0. The smallest absolute Gasteiger partial charge is 0.222 e. The maximum absolute atomic E-state index is 11.9. The van der Waals surface area contributed by atoms with E-state index in [2.05, 4.69) is 18.7 Å². The third-order valence-electron chi connectivity index (χ3n) is 3.94. The highest BCUT2D eigenvalue weighted by molar-refractivity contribution is 5.76. The number of hydrogen-bond donors (Lipinski definition) is 1. The maximum atomic E-state index is 11.9. The Balaban J connectivity index is 2.27. The molecule has 0 bridgehead atoms. The highest BCUT2D eigenvalue weighted by atomic mass is 16.3. The minimum absolute atomic E-state index is 0.192. The molecule has 0 atom stereocenters. The van der Waals surface area contributed by atoms with Crippen molar-refractivity contribution >= 4 is 5.91 Å². The first-order valence-electron chi connectivity index (χ1n) is 7.35. The molecule has 106 valence electrons. The van der Waals surface area contributed by atoms with Gasteiger partial charge < -0.3 is 14.9 Å². The average Bonchev–Trinajstić information content (AvgIpc) is 2.41. The predicted octanol–water partition coefficient (Wildman–Crippen LogP) is 1.48. The number of carbonyl (C=O) groups is 1. The molecule has 1 rings (SSSR count). The van der Waals surface area contributed by atoms with E-state index < -0.39 is 0 Å². The molecule has 18 heavy (non-hydrogen) atoms. The van der Waals surface area contributed by atoms with E-state index in [1.165, 1.54) is 0 Å². The molecule has 0 aromatic heterocycles. The fourth-order valence-corrected chi connectivity index (χ4v) is 2.77. The number of carbonyl (C=O) groups excluding carboxylic acids is 1. The van der Waals surface area contributed by atoms with Gasteiger partial charge in [0.15, 0.2) is 0 Å². The summed E-state index contributed by atoms with van der Waals surface area (Å²) < 4.78 is 0. The Hall–Kier alpha value is -0.610. The van der Waals surface area contributed by atoms with E-state index in [1.54, 1.807) is 0 Å². The zero-order valence-corrected chi connectivity index (χ0v) is 11.9. The van der Waals surface area contributed by atoms with Gasteiger partial charge in [-0.3, -0.25) is 4.79 Å². The van der Waals surface area contributed by atoms with Crippen molar-refractivity contribution in [2.24, 2.45) is 0 Å². The lowest BCUT2D eigenvalue weighted by Crippen LogP contribution is -2.46. The van der Waals surface area contributed by atoms with Crippen molar-refractivity contribution in [3.63, 3.8) is 0 Å². The van der Waals surface area contributed by atoms with Gasteiger partial charge in [-0.1, -0.05) is 13.8 Å². The number of unbranched alkanes of at least 4 members (excludes halogenated alkanes) is 1. The van der Waals surface area contributed by atoms with Crippen molar-refractivity contribution in [1.82, 2.24) is 9.80 Å². The number of aliphatic hydroxyl groups is 1. The molecule has 1 fully saturated rings. The van der Waals surface area contributed by atoms with E-state index in [0.29, 0.717) is 12.5 Å². The molecule has 1 heterocycles. The number of piperidine rings is 1. The summed E-state index contributed by atoms with van der Waals surface area (Å²) in [5, 5.41) is 8.71. The van der Waals surface area contributed by atoms with Crippen molar-refractivity contribution in [2.75, 3.05) is 32.8 Å². The van der Waals surface area contributed by atoms with Gasteiger partial charge in [-0.15, -0.1) is 0 Å². The third kappa shape index (κ3) is 4.58. The van der Waals surface area contributed by atoms with Crippen molar-refractivity contribution in [3.05, 3.63) is 0 Å². The van der Waals surface area contributed by atoms with Gasteiger partial charge in [-0.05, 0) is 38.8 Å². The zero-order valence-electron chi connectivity index (χ0n) is 11.9. The van der Waals surface area contributed by atoms with Gasteiger partial charge in [0.05, 0.1) is 0 Å². The lowest BCUT2D eigenvalue weighted by molar-refractivity contribution is -0.132. The van der Waals surface area contributed by atoms with Crippen LogP contribution in [0.1, 0.15) is 46.0 Å². The average molecular weight is 256 g/mol. The maximum Gasteiger partial charge on any atom is 0.222 e. The van der Waals surface area contributed by atoms with E-state index in [4.69, 9.17) is 5.11 Å². The highest BCUT2D eigenvalue weighted by Gasteiger charge is 2.24. The van der Waals surface area contributed by atoms with Crippen molar-refractivity contribution in [2.45, 2.75) is 52.0 Å². The SMILES string of the molecule is CCN(CC)C1CCN(C(=O)CCCCO)CC1. The predicted molar refractivity (Wildman–Crippen MR) is 73.5 cm³/mol. The molecule has 0 radical (unpaired) electrons. The van der Waals surface area contributed by atoms with Crippen LogP contribution in [0.4, 0.5) is 0 Å². The summed E-state index contributed by atoms with van der Waals surface area (Å²) in [4.78, 5) is 16.4. The van der Waals surface area contributed by atoms with Crippen LogP contribution in [-0.4, -0.2) is 59.6 Å². The second-order valence-corrected chi connectivity index (χ2v) is 5.01. The fraction of sp³-hybridized carbons (Fsp3) is 0.929. The number of nitrogens with zero attached hydrogens (tertiary/aromatic N) is 2. The second kappa shape index (κ2) is 8.48. The van der Waals surface area contributed by atoms with E-state index in [1.807, 2.05) is 4.90 Å². The van der Waals surface area contributed by atoms with Crippen LogP contribution < -0.4 is 0 Å². The van der Waals surface area contributed by atoms with Crippen LogP contribution in [0, 0.1) is 0 Å². The van der Waals surface area contributed by atoms with E-state index in [9.17, 15) is 4.79 Å². The topological polar surface area (TPSA) is 43.8 Å². The first-order chi connectivity index (χ1) is 8.72. The second-order valence-electron chi connectivity index (χ2n) is 5.01. The summed E-state index contributed by atoms with van der Waals surface area (Å²) in [5.74, 6) is 0.265. The Morgan fingerprint density at radius 3 is 2.33 bits per heavy atom. The number of likely N-dealkylation sites (tertiary alicyclic amines) is 1. The highest BCUT2D eigenvalue weighted by Crippen LogP contribution is 2.17. The monoisotopic (exact) mass is 256 g/mol. The first kappa shape index (κ1) is 15.4. The Labute approximate surface area is 111 Å². The molecule has 4 nitrogen and oxygen atoms in total. The molecule has 1 saturated heterocycles. The van der Waals surface area contributed by atoms with Gasteiger partial charge in [0.1, 0.15) is 0 Å². The molecule has 0 saturated carbocycles. The van der Waals surface area contributed by atoms with Crippen LogP contribution in [0.25, 0.3) is 0 Å². The minimum Gasteiger partial charge on any atom is -0.396 e. The van der Waals surface area contributed by atoms with Gasteiger partial charge in [0.2, 0.25) is 5.91 Å². The molecule has 1 amide bonds. The van der Waals surface area contributed by atoms with Crippen molar-refractivity contribution in [3.8, 4) is 0 Å². The zero-order chi connectivity index (χ0) is 13.4. The van der Waals surface area contributed by atoms with E-state index in [0.717, 1.165) is 51.9 Å². The Kier molecular flexibility index (Phi) is 7.28. The quantitative estimate of drug-likeness (QED) is 0.702. The van der Waals surface area contributed by atoms with E-state index >= 15 is 0 Å². The summed E-state index contributed by atoms with van der Waals surface area (Å²) in [6, 6.07) is 0.654. The van der Waals surface area contributed by atoms with Crippen molar-refractivity contribution in [1.29, 1.82) is 0 Å². The fourth-order valence-electron chi connectivity index (χ4n) is 2.77. The van der Waals surface area contributed by atoms with Crippen LogP contribution in [0.15, 0.2) is 0 Å². The molecular formula is C14H28N2O2. The molecule has 1 aliphatic rings. The molecule has 1 aliphatic heterocycles. The standard InChI is InChI=1S/C14H28N2O2/c1-3-15(4-2)13-8-10-16(11-9-13)14(18)7-5-6-12-17/h13,17H,3-12H2,1-2H3. The molecule has 0 aliphatic carbocycles. The summed E-state index contributed by atoms with van der Waals surface area (Å²) in [7, 11) is 0. The van der Waals surface area contributed by atoms with E-state index in [-0.39, 0.29) is 12.5 Å². The Morgan fingerprint density at radius 2 is 1.83 bits per heavy atom. The number of rotatable bonds is 7. The normalized spacial score (nSPS) is 17.4. The van der Waals surface area contributed by atoms with Crippen LogP contribution in [0.2, 0.25) is 0 Å². The Morgan fingerprint density at radius 1 is 1.22 bits per heavy atom. The van der Waals surface area contributed by atoms with Gasteiger partial charge in [0, 0.05) is 32.2 Å². The molecule has 0 aromatic carbocycles. The van der Waals surface area contributed by atoms with Gasteiger partial charge >= 0.3 is 0 Å². The lowest BCUT2D eigenvalue weighted by atomic mass is 10.0. The lowest BCUT2D eigenvalue weighted by Gasteiger charge is -2.37. The van der Waals surface area contributed by atoms with Gasteiger partial charge in [-0.25, -0.2) is 0 Å². The van der Waals surface area contributed by atoms with Gasteiger partial charge in [-0.2, -0.15) is 0 Å². The molecule has 0 spiro atoms. The number of aliphatic hydroxyl groups excluding tert-OH is 1. The molecule has 0 aromatic rings. The van der Waals surface area contributed by atoms with Crippen LogP contribution >= 0.6 is 0 Å². The molecule has 0 unspecified atom stereocenters. The summed E-state index contributed by atoms with van der Waals surface area (Å²) in [6.45, 7) is 8.61. The summed E-state index contributed by atoms with van der Waals surface area (Å²) in [6.07, 6.45) is 4.35. The van der Waals surface area contributed by atoms with Crippen molar-refractivity contribution < 1.29 is 9.90 Å². The van der Waals surface area contributed by atoms with Gasteiger partial charge in [0.25, 0.3) is 0 Å². The van der Waals surface area contributed by atoms with Crippen LogP contribution in [-0.2, 0) is 4.79 Å². The third-order valence-corrected chi connectivity index (χ3v) is 3.94. The van der Waals surface area contributed by atoms with Crippen LogP contribution in [0.5, 0.6) is 0 Å². The molecule has 1 N–H and O–H groups in total. The number of amides is 1. The van der Waals surface area contributed by atoms with Crippen LogP contribution in [0.3, 0.4) is 0 Å².